The molecule has 0 radical (unpaired) electrons. The summed E-state index contributed by atoms with van der Waals surface area (Å²) >= 11 is 0. The van der Waals surface area contributed by atoms with Crippen molar-refractivity contribution in [2.45, 2.75) is 64.8 Å². The average Bonchev–Trinajstić information content (AvgIpc) is 3.00. The fourth-order valence-electron chi connectivity index (χ4n) is 3.62. The lowest BCUT2D eigenvalue weighted by Crippen LogP contribution is -2.15. The third-order valence-electron chi connectivity index (χ3n) is 5.08. The number of ether oxygens (including phenoxy) is 2. The van der Waals surface area contributed by atoms with Crippen molar-refractivity contribution in [3.63, 3.8) is 0 Å². The summed E-state index contributed by atoms with van der Waals surface area (Å²) in [6.45, 7) is 5.47. The predicted molar refractivity (Wildman–Crippen MR) is 106 cm³/mol. The molecule has 3 rings (SSSR count). The predicted octanol–water partition coefficient (Wildman–Crippen LogP) is 4.32. The molecule has 144 valence electrons. The van der Waals surface area contributed by atoms with Gasteiger partial charge in [0.1, 0.15) is 19.0 Å². The Bertz CT molecular complexity index is 696. The van der Waals surface area contributed by atoms with Crippen molar-refractivity contribution < 1.29 is 9.47 Å². The summed E-state index contributed by atoms with van der Waals surface area (Å²) in [4.78, 5) is 4.89. The van der Waals surface area contributed by atoms with Gasteiger partial charge in [0.25, 0.3) is 0 Å². The number of nitrogens with zero attached hydrogens (tertiary/aromatic N) is 2. The van der Waals surface area contributed by atoms with E-state index in [4.69, 9.17) is 14.5 Å². The van der Waals surface area contributed by atoms with Crippen LogP contribution < -0.4 is 14.8 Å². The summed E-state index contributed by atoms with van der Waals surface area (Å²) in [6, 6.07) is 4.15. The van der Waals surface area contributed by atoms with Crippen molar-refractivity contribution in [3.8, 4) is 11.5 Å². The number of rotatable bonds is 11. The van der Waals surface area contributed by atoms with E-state index in [1.54, 1.807) is 0 Å². The molecule has 5 nitrogen and oxygen atoms in total. The minimum Gasteiger partial charge on any atom is -0.486 e. The Morgan fingerprint density at radius 2 is 1.69 bits per heavy atom. The summed E-state index contributed by atoms with van der Waals surface area (Å²) in [5.74, 6) is 2.83. The first kappa shape index (κ1) is 19.0. The quantitative estimate of drug-likeness (QED) is 0.607. The van der Waals surface area contributed by atoms with E-state index in [1.165, 1.54) is 50.5 Å². The Balaban J connectivity index is 1.70. The maximum absolute atomic E-state index is 5.78. The van der Waals surface area contributed by atoms with E-state index in [2.05, 4.69) is 22.9 Å². The highest BCUT2D eigenvalue weighted by atomic mass is 16.6. The first-order valence-corrected chi connectivity index (χ1v) is 10.3. The second-order valence-corrected chi connectivity index (χ2v) is 7.14. The Morgan fingerprint density at radius 3 is 2.42 bits per heavy atom. The summed E-state index contributed by atoms with van der Waals surface area (Å²) in [7, 11) is 1.99. The van der Waals surface area contributed by atoms with Gasteiger partial charge in [0, 0.05) is 31.6 Å². The van der Waals surface area contributed by atoms with Gasteiger partial charge in [-0.3, -0.25) is 0 Å². The van der Waals surface area contributed by atoms with Crippen LogP contribution >= 0.6 is 0 Å². The molecule has 0 unspecified atom stereocenters. The number of imidazole rings is 1. The number of hydrogen-bond acceptors (Lipinski definition) is 4. The van der Waals surface area contributed by atoms with Crippen LogP contribution in [-0.4, -0.2) is 36.4 Å². The van der Waals surface area contributed by atoms with Crippen LogP contribution in [0.2, 0.25) is 0 Å². The maximum atomic E-state index is 5.78. The number of unbranched alkanes of at least 4 members (excludes halogenated alkanes) is 6. The standard InChI is InChI=1S/C21H33N3O2/c1-3-4-5-6-7-8-9-12-24-18-16-20-19(25-13-14-26-20)15-17(18)23-21(24)10-11-22-2/h15-16,22H,3-14H2,1-2H3. The monoisotopic (exact) mass is 359 g/mol. The van der Waals surface area contributed by atoms with Crippen molar-refractivity contribution in [2.24, 2.45) is 0 Å². The van der Waals surface area contributed by atoms with Crippen LogP contribution in [0, 0.1) is 0 Å². The zero-order valence-corrected chi connectivity index (χ0v) is 16.4. The highest BCUT2D eigenvalue weighted by Crippen LogP contribution is 2.35. The number of benzene rings is 1. The van der Waals surface area contributed by atoms with Crippen LogP contribution in [0.15, 0.2) is 12.1 Å². The SMILES string of the molecule is CCCCCCCCCn1c(CCNC)nc2cc3c(cc21)OCCO3. The molecule has 1 N–H and O–H groups in total. The van der Waals surface area contributed by atoms with Gasteiger partial charge in [0.05, 0.1) is 11.0 Å². The van der Waals surface area contributed by atoms with Crippen LogP contribution in [-0.2, 0) is 13.0 Å². The minimum absolute atomic E-state index is 0.615. The summed E-state index contributed by atoms with van der Waals surface area (Å²) in [6.07, 6.45) is 10.2. The number of hydrogen-bond donors (Lipinski definition) is 1. The Kier molecular flexibility index (Phi) is 7.18. The van der Waals surface area contributed by atoms with E-state index in [0.717, 1.165) is 42.4 Å². The molecule has 0 spiro atoms. The second kappa shape index (κ2) is 9.81. The molecule has 1 aromatic heterocycles. The molecule has 0 atom stereocenters. The van der Waals surface area contributed by atoms with E-state index in [-0.39, 0.29) is 0 Å². The lowest BCUT2D eigenvalue weighted by atomic mass is 10.1. The number of fused-ring (bicyclic) bond motifs is 2. The van der Waals surface area contributed by atoms with Crippen LogP contribution in [0.5, 0.6) is 11.5 Å². The van der Waals surface area contributed by atoms with Gasteiger partial charge in [-0.15, -0.1) is 0 Å². The maximum Gasteiger partial charge on any atom is 0.163 e. The van der Waals surface area contributed by atoms with Gasteiger partial charge >= 0.3 is 0 Å². The zero-order valence-electron chi connectivity index (χ0n) is 16.4. The molecule has 0 aliphatic carbocycles. The lowest BCUT2D eigenvalue weighted by Gasteiger charge is -2.18. The summed E-state index contributed by atoms with van der Waals surface area (Å²) in [5.41, 5.74) is 2.19. The molecule has 0 fully saturated rings. The fraction of sp³-hybridized carbons (Fsp3) is 0.667. The number of aryl methyl sites for hydroxylation is 1. The van der Waals surface area contributed by atoms with Gasteiger partial charge < -0.3 is 19.4 Å². The van der Waals surface area contributed by atoms with Crippen LogP contribution in [0.25, 0.3) is 11.0 Å². The molecule has 0 saturated carbocycles. The minimum atomic E-state index is 0.615. The molecule has 0 saturated heterocycles. The Morgan fingerprint density at radius 1 is 1.00 bits per heavy atom. The van der Waals surface area contributed by atoms with Gasteiger partial charge in [0.15, 0.2) is 11.5 Å². The number of nitrogens with one attached hydrogen (secondary N) is 1. The Hall–Kier alpha value is -1.75. The lowest BCUT2D eigenvalue weighted by molar-refractivity contribution is 0.172. The molecule has 0 bridgehead atoms. The van der Waals surface area contributed by atoms with E-state index >= 15 is 0 Å². The molecule has 1 aliphatic heterocycles. The van der Waals surface area contributed by atoms with E-state index in [9.17, 15) is 0 Å². The normalized spacial score (nSPS) is 13.5. The molecular weight excluding hydrogens is 326 g/mol. The molecular formula is C21H33N3O2. The van der Waals surface area contributed by atoms with Crippen molar-refractivity contribution in [1.29, 1.82) is 0 Å². The first-order valence-electron chi connectivity index (χ1n) is 10.3. The van der Waals surface area contributed by atoms with Crippen molar-refractivity contribution in [2.75, 3.05) is 26.8 Å². The topological polar surface area (TPSA) is 48.3 Å². The molecule has 1 aromatic carbocycles. The third kappa shape index (κ3) is 4.70. The molecule has 26 heavy (non-hydrogen) atoms. The largest absolute Gasteiger partial charge is 0.486 e. The molecule has 2 aromatic rings. The smallest absolute Gasteiger partial charge is 0.163 e. The van der Waals surface area contributed by atoms with Crippen molar-refractivity contribution >= 4 is 11.0 Å². The highest BCUT2D eigenvalue weighted by molar-refractivity contribution is 5.80. The van der Waals surface area contributed by atoms with Crippen molar-refractivity contribution in [3.05, 3.63) is 18.0 Å². The molecule has 1 aliphatic rings. The average molecular weight is 360 g/mol. The molecule has 5 heteroatoms. The number of aromatic nitrogens is 2. The van der Waals surface area contributed by atoms with Gasteiger partial charge in [-0.1, -0.05) is 45.4 Å². The van der Waals surface area contributed by atoms with E-state index in [0.29, 0.717) is 13.2 Å². The van der Waals surface area contributed by atoms with Crippen molar-refractivity contribution in [1.82, 2.24) is 14.9 Å². The zero-order chi connectivity index (χ0) is 18.2. The number of likely N-dealkylation sites (N-methyl/N-ethyl adjacent to an activating group) is 1. The molecule has 0 amide bonds. The Labute approximate surface area is 157 Å². The summed E-state index contributed by atoms with van der Waals surface area (Å²) < 4.78 is 13.9. The van der Waals surface area contributed by atoms with Gasteiger partial charge in [0.2, 0.25) is 0 Å². The fourth-order valence-corrected chi connectivity index (χ4v) is 3.62. The first-order chi connectivity index (χ1) is 12.8. The van der Waals surface area contributed by atoms with Crippen LogP contribution in [0.3, 0.4) is 0 Å². The van der Waals surface area contributed by atoms with Gasteiger partial charge in [-0.2, -0.15) is 0 Å². The van der Waals surface area contributed by atoms with Crippen LogP contribution in [0.1, 0.15) is 57.7 Å². The van der Waals surface area contributed by atoms with Gasteiger partial charge in [-0.25, -0.2) is 4.98 Å². The van der Waals surface area contributed by atoms with E-state index < -0.39 is 0 Å². The highest BCUT2D eigenvalue weighted by Gasteiger charge is 2.17. The summed E-state index contributed by atoms with van der Waals surface area (Å²) in [5, 5.41) is 3.24. The van der Waals surface area contributed by atoms with Crippen LogP contribution in [0.4, 0.5) is 0 Å². The second-order valence-electron chi connectivity index (χ2n) is 7.14. The molecule has 2 heterocycles. The van der Waals surface area contributed by atoms with E-state index in [1.807, 2.05) is 13.1 Å². The van der Waals surface area contributed by atoms with Gasteiger partial charge in [-0.05, 0) is 13.5 Å². The third-order valence-corrected chi connectivity index (χ3v) is 5.08.